The van der Waals surface area contributed by atoms with E-state index in [2.05, 4.69) is 10.3 Å². The van der Waals surface area contributed by atoms with Crippen LogP contribution in [-0.2, 0) is 4.79 Å². The van der Waals surface area contributed by atoms with Gasteiger partial charge in [0, 0.05) is 6.20 Å². The number of carbonyl (C=O) groups excluding carboxylic acids is 1. The predicted octanol–water partition coefficient (Wildman–Crippen LogP) is -0.0505. The van der Waals surface area contributed by atoms with Crippen molar-refractivity contribution in [2.45, 2.75) is 13.0 Å². The minimum Gasteiger partial charge on any atom is -0.397 e. The van der Waals surface area contributed by atoms with Gasteiger partial charge in [0.25, 0.3) is 0 Å². The van der Waals surface area contributed by atoms with E-state index in [1.165, 1.54) is 6.20 Å². The highest BCUT2D eigenvalue weighted by Crippen LogP contribution is 2.10. The first-order valence-electron chi connectivity index (χ1n) is 3.86. The number of anilines is 2. The van der Waals surface area contributed by atoms with Crippen LogP contribution in [-0.4, -0.2) is 16.9 Å². The van der Waals surface area contributed by atoms with E-state index in [0.717, 1.165) is 0 Å². The maximum absolute atomic E-state index is 10.7. The molecule has 0 saturated heterocycles. The van der Waals surface area contributed by atoms with Crippen molar-refractivity contribution in [1.29, 1.82) is 0 Å². The van der Waals surface area contributed by atoms with Gasteiger partial charge >= 0.3 is 0 Å². The first kappa shape index (κ1) is 9.31. The molecule has 0 saturated carbocycles. The van der Waals surface area contributed by atoms with E-state index in [4.69, 9.17) is 11.5 Å². The summed E-state index contributed by atoms with van der Waals surface area (Å²) in [4.78, 5) is 14.6. The Hall–Kier alpha value is -1.78. The summed E-state index contributed by atoms with van der Waals surface area (Å²) in [6.45, 7) is 1.67. The van der Waals surface area contributed by atoms with Gasteiger partial charge < -0.3 is 16.8 Å². The van der Waals surface area contributed by atoms with E-state index in [0.29, 0.717) is 11.4 Å². The van der Waals surface area contributed by atoms with Gasteiger partial charge in [0.2, 0.25) is 5.91 Å². The maximum atomic E-state index is 10.7. The monoisotopic (exact) mass is 180 g/mol. The Kier molecular flexibility index (Phi) is 2.69. The number of nitrogens with two attached hydrogens (primary N) is 2. The smallest absolute Gasteiger partial charge is 0.239 e. The van der Waals surface area contributed by atoms with Gasteiger partial charge in [-0.05, 0) is 13.0 Å². The minimum absolute atomic E-state index is 0.414. The molecule has 0 fully saturated rings. The van der Waals surface area contributed by atoms with Crippen molar-refractivity contribution in [2.24, 2.45) is 5.73 Å². The van der Waals surface area contributed by atoms with Crippen LogP contribution in [0.5, 0.6) is 0 Å². The standard InChI is InChI=1S/C8H12N4O/c1-5(8(10)13)12-7-2-6(9)3-11-4-7/h2-5,12H,9H2,1H3,(H2,10,13). The van der Waals surface area contributed by atoms with Crippen LogP contribution in [0.3, 0.4) is 0 Å². The average Bonchev–Trinajstić information content (AvgIpc) is 2.04. The van der Waals surface area contributed by atoms with Crippen molar-refractivity contribution < 1.29 is 4.79 Å². The summed E-state index contributed by atoms with van der Waals surface area (Å²) in [5.41, 5.74) is 11.8. The van der Waals surface area contributed by atoms with Gasteiger partial charge in [0.1, 0.15) is 6.04 Å². The highest BCUT2D eigenvalue weighted by atomic mass is 16.1. The Bertz CT molecular complexity index is 313. The second kappa shape index (κ2) is 3.75. The van der Waals surface area contributed by atoms with Crippen molar-refractivity contribution in [2.75, 3.05) is 11.1 Å². The van der Waals surface area contributed by atoms with Gasteiger partial charge in [-0.3, -0.25) is 9.78 Å². The molecule has 1 aromatic heterocycles. The molecule has 70 valence electrons. The number of rotatable bonds is 3. The molecular formula is C8H12N4O. The number of nitrogens with zero attached hydrogens (tertiary/aromatic N) is 1. The largest absolute Gasteiger partial charge is 0.397 e. The summed E-state index contributed by atoms with van der Waals surface area (Å²) in [5, 5.41) is 2.87. The molecule has 1 aromatic rings. The topological polar surface area (TPSA) is 94.0 Å². The third kappa shape index (κ3) is 2.62. The van der Waals surface area contributed by atoms with Crippen molar-refractivity contribution in [1.82, 2.24) is 4.98 Å². The number of pyridine rings is 1. The second-order valence-electron chi connectivity index (χ2n) is 2.78. The van der Waals surface area contributed by atoms with Crippen LogP contribution in [0, 0.1) is 0 Å². The van der Waals surface area contributed by atoms with E-state index < -0.39 is 11.9 Å². The van der Waals surface area contributed by atoms with Crippen molar-refractivity contribution >= 4 is 17.3 Å². The summed E-state index contributed by atoms with van der Waals surface area (Å²) in [6.07, 6.45) is 3.11. The minimum atomic E-state index is -0.427. The van der Waals surface area contributed by atoms with Crippen LogP contribution in [0.2, 0.25) is 0 Å². The number of primary amides is 1. The lowest BCUT2D eigenvalue weighted by Crippen LogP contribution is -2.32. The van der Waals surface area contributed by atoms with E-state index in [-0.39, 0.29) is 0 Å². The van der Waals surface area contributed by atoms with Crippen molar-refractivity contribution in [3.8, 4) is 0 Å². The molecule has 1 heterocycles. The number of amides is 1. The summed E-state index contributed by atoms with van der Waals surface area (Å²) < 4.78 is 0. The van der Waals surface area contributed by atoms with E-state index >= 15 is 0 Å². The maximum Gasteiger partial charge on any atom is 0.239 e. The summed E-state index contributed by atoms with van der Waals surface area (Å²) in [6, 6.07) is 1.26. The summed E-state index contributed by atoms with van der Waals surface area (Å²) in [7, 11) is 0. The summed E-state index contributed by atoms with van der Waals surface area (Å²) in [5.74, 6) is -0.414. The normalized spacial score (nSPS) is 12.1. The molecule has 13 heavy (non-hydrogen) atoms. The zero-order chi connectivity index (χ0) is 9.84. The molecule has 1 amide bonds. The lowest BCUT2D eigenvalue weighted by atomic mass is 10.3. The Morgan fingerprint density at radius 3 is 2.85 bits per heavy atom. The predicted molar refractivity (Wildman–Crippen MR) is 50.9 cm³/mol. The molecule has 0 aliphatic rings. The molecular weight excluding hydrogens is 168 g/mol. The second-order valence-corrected chi connectivity index (χ2v) is 2.78. The van der Waals surface area contributed by atoms with Crippen LogP contribution < -0.4 is 16.8 Å². The number of nitrogen functional groups attached to an aromatic ring is 1. The zero-order valence-corrected chi connectivity index (χ0v) is 7.32. The van der Waals surface area contributed by atoms with Gasteiger partial charge in [-0.2, -0.15) is 0 Å². The van der Waals surface area contributed by atoms with Gasteiger partial charge in [-0.25, -0.2) is 0 Å². The molecule has 0 radical (unpaired) electrons. The fourth-order valence-electron chi connectivity index (χ4n) is 0.858. The molecule has 1 atom stereocenters. The van der Waals surface area contributed by atoms with Crippen molar-refractivity contribution in [3.63, 3.8) is 0 Å². The Labute approximate surface area is 76.1 Å². The number of carbonyl (C=O) groups is 1. The number of nitrogens with one attached hydrogen (secondary N) is 1. The van der Waals surface area contributed by atoms with Gasteiger partial charge in [0.15, 0.2) is 0 Å². The highest BCUT2D eigenvalue weighted by molar-refractivity contribution is 5.82. The molecule has 5 nitrogen and oxygen atoms in total. The van der Waals surface area contributed by atoms with Gasteiger partial charge in [-0.1, -0.05) is 0 Å². The third-order valence-corrected chi connectivity index (χ3v) is 1.57. The molecule has 1 unspecified atom stereocenters. The molecule has 0 aromatic carbocycles. The first-order chi connectivity index (χ1) is 6.09. The SMILES string of the molecule is CC(Nc1cncc(N)c1)C(N)=O. The Balaban J connectivity index is 2.69. The van der Waals surface area contributed by atoms with Crippen molar-refractivity contribution in [3.05, 3.63) is 18.5 Å². The molecule has 5 heteroatoms. The Morgan fingerprint density at radius 2 is 2.31 bits per heavy atom. The average molecular weight is 180 g/mol. The van der Waals surface area contributed by atoms with Gasteiger partial charge in [0.05, 0.1) is 17.6 Å². The third-order valence-electron chi connectivity index (χ3n) is 1.57. The fraction of sp³-hybridized carbons (Fsp3) is 0.250. The van der Waals surface area contributed by atoms with Crippen LogP contribution in [0.4, 0.5) is 11.4 Å². The number of aromatic nitrogens is 1. The quantitative estimate of drug-likeness (QED) is 0.607. The molecule has 5 N–H and O–H groups in total. The highest BCUT2D eigenvalue weighted by Gasteiger charge is 2.07. The van der Waals surface area contributed by atoms with E-state index in [1.54, 1.807) is 19.2 Å². The lowest BCUT2D eigenvalue weighted by Gasteiger charge is -2.10. The first-order valence-corrected chi connectivity index (χ1v) is 3.86. The zero-order valence-electron chi connectivity index (χ0n) is 7.32. The Morgan fingerprint density at radius 1 is 1.62 bits per heavy atom. The molecule has 0 aliphatic heterocycles. The van der Waals surface area contributed by atoms with E-state index in [9.17, 15) is 4.79 Å². The van der Waals surface area contributed by atoms with E-state index in [1.807, 2.05) is 0 Å². The number of hydrogen-bond acceptors (Lipinski definition) is 4. The van der Waals surface area contributed by atoms with Crippen LogP contribution in [0.15, 0.2) is 18.5 Å². The molecule has 0 aliphatic carbocycles. The molecule has 0 spiro atoms. The molecule has 1 rings (SSSR count). The molecule has 0 bridgehead atoms. The van der Waals surface area contributed by atoms with Crippen LogP contribution in [0.25, 0.3) is 0 Å². The van der Waals surface area contributed by atoms with Gasteiger partial charge in [-0.15, -0.1) is 0 Å². The summed E-state index contributed by atoms with van der Waals surface area (Å²) >= 11 is 0. The number of hydrogen-bond donors (Lipinski definition) is 3. The van der Waals surface area contributed by atoms with Crippen LogP contribution >= 0.6 is 0 Å². The fourth-order valence-corrected chi connectivity index (χ4v) is 0.858. The lowest BCUT2D eigenvalue weighted by molar-refractivity contribution is -0.118. The van der Waals surface area contributed by atoms with Crippen LogP contribution in [0.1, 0.15) is 6.92 Å².